The Hall–Kier alpha value is -4.26. The molecule has 12 nitrogen and oxygen atoms in total. The van der Waals surface area contributed by atoms with E-state index in [1.54, 1.807) is 24.3 Å². The topological polar surface area (TPSA) is 130 Å². The van der Waals surface area contributed by atoms with Crippen molar-refractivity contribution in [2.45, 2.75) is 82.7 Å². The number of hydrogen-bond acceptors (Lipinski definition) is 10. The van der Waals surface area contributed by atoms with E-state index in [4.69, 9.17) is 23.2 Å². The molecule has 7 rings (SSSR count). The Morgan fingerprint density at radius 3 is 1.67 bits per heavy atom. The molecule has 0 radical (unpaired) electrons. The summed E-state index contributed by atoms with van der Waals surface area (Å²) in [7, 11) is 0. The number of piperazine rings is 2. The van der Waals surface area contributed by atoms with Crippen LogP contribution in [-0.4, -0.2) is 105 Å². The summed E-state index contributed by atoms with van der Waals surface area (Å²) in [6.07, 6.45) is -2.89. The maximum atomic E-state index is 16.0. The van der Waals surface area contributed by atoms with Gasteiger partial charge in [-0.1, -0.05) is 61.5 Å². The number of unbranched alkanes of at least 4 members (excludes halogenated alkanes) is 2. The van der Waals surface area contributed by atoms with Gasteiger partial charge in [0.25, 0.3) is 11.1 Å². The Balaban J connectivity index is 1.18. The highest BCUT2D eigenvalue weighted by Gasteiger charge is 2.67. The molecule has 1 saturated carbocycles. The molecule has 0 bridgehead atoms. The molecule has 2 aliphatic heterocycles. The molecule has 330 valence electrons. The van der Waals surface area contributed by atoms with Crippen LogP contribution in [0.15, 0.2) is 58.6 Å². The van der Waals surface area contributed by atoms with Crippen LogP contribution in [-0.2, 0) is 13.1 Å². The molecule has 4 aromatic heterocycles. The number of nitrogens with one attached hydrogen (secondary N) is 2. The molecule has 20 heteroatoms. The second kappa shape index (κ2) is 18.6. The number of aromatic amines is 2. The number of rotatable bonds is 14. The summed E-state index contributed by atoms with van der Waals surface area (Å²) in [4.78, 5) is 40.5. The lowest BCUT2D eigenvalue weighted by Gasteiger charge is -2.57. The van der Waals surface area contributed by atoms with E-state index in [2.05, 4.69) is 30.4 Å². The fraction of sp³-hybridized carbons (Fsp3) is 0.561. The molecule has 4 aromatic rings. The van der Waals surface area contributed by atoms with E-state index in [-0.39, 0.29) is 53.8 Å². The standard InChI is InChI=1S/C41H48Cl2F6N10O2/c1-2-3-4-10-39(36(41(47,48)49)35-27(8-6-13-51-35)25-57-16-20-59(21-17-57)30-23-53-55-38(61)33(30)43)11-9-28(39)31(40(44,45)46)34-26(7-5-12-50-34)24-56-14-18-58(19-15-56)29-22-52-54-37(60)32(29)42/h5-8,12-13,22-23,28,31,36H,2-4,9-11,14-21,24-25H2,1H3,(H,54,60)(H,55,61)/t28-,31+,36+,39-/m1/s1. The summed E-state index contributed by atoms with van der Waals surface area (Å²) in [5.74, 6) is -5.93. The van der Waals surface area contributed by atoms with Gasteiger partial charge in [-0.15, -0.1) is 0 Å². The summed E-state index contributed by atoms with van der Waals surface area (Å²) in [6.45, 7) is 5.46. The first kappa shape index (κ1) is 44.8. The van der Waals surface area contributed by atoms with E-state index < -0.39 is 46.6 Å². The number of aromatic nitrogens is 6. The number of pyridine rings is 2. The van der Waals surface area contributed by atoms with E-state index in [0.29, 0.717) is 94.1 Å². The van der Waals surface area contributed by atoms with Crippen LogP contribution in [0.5, 0.6) is 0 Å². The molecule has 0 amide bonds. The molecule has 0 aromatic carbocycles. The highest BCUT2D eigenvalue weighted by molar-refractivity contribution is 6.33. The van der Waals surface area contributed by atoms with Crippen molar-refractivity contribution < 1.29 is 26.3 Å². The van der Waals surface area contributed by atoms with Gasteiger partial charge in [0, 0.05) is 77.8 Å². The van der Waals surface area contributed by atoms with Gasteiger partial charge in [-0.05, 0) is 53.9 Å². The Labute approximate surface area is 358 Å². The van der Waals surface area contributed by atoms with Gasteiger partial charge in [0.05, 0.1) is 35.2 Å². The van der Waals surface area contributed by atoms with Crippen LogP contribution in [0.2, 0.25) is 10.0 Å². The highest BCUT2D eigenvalue weighted by atomic mass is 35.5. The van der Waals surface area contributed by atoms with Crippen molar-refractivity contribution in [3.05, 3.63) is 102 Å². The van der Waals surface area contributed by atoms with Gasteiger partial charge in [-0.3, -0.25) is 29.4 Å². The van der Waals surface area contributed by atoms with Crippen molar-refractivity contribution in [1.82, 2.24) is 40.2 Å². The molecule has 61 heavy (non-hydrogen) atoms. The predicted molar refractivity (Wildman–Crippen MR) is 220 cm³/mol. The second-order valence-electron chi connectivity index (χ2n) is 16.2. The van der Waals surface area contributed by atoms with Crippen molar-refractivity contribution in [2.24, 2.45) is 11.3 Å². The van der Waals surface area contributed by atoms with E-state index >= 15 is 26.3 Å². The number of nitrogens with zero attached hydrogens (tertiary/aromatic N) is 8. The van der Waals surface area contributed by atoms with Gasteiger partial charge in [-0.25, -0.2) is 10.2 Å². The lowest BCUT2D eigenvalue weighted by Crippen LogP contribution is -2.55. The van der Waals surface area contributed by atoms with Crippen LogP contribution in [0, 0.1) is 11.3 Å². The first-order chi connectivity index (χ1) is 29.1. The maximum Gasteiger partial charge on any atom is 0.397 e. The van der Waals surface area contributed by atoms with E-state index in [0.717, 1.165) is 0 Å². The maximum absolute atomic E-state index is 16.0. The molecule has 6 heterocycles. The zero-order valence-corrected chi connectivity index (χ0v) is 35.1. The number of anilines is 2. The number of halogens is 8. The largest absolute Gasteiger partial charge is 0.397 e. The van der Waals surface area contributed by atoms with Crippen LogP contribution >= 0.6 is 23.2 Å². The van der Waals surface area contributed by atoms with E-state index in [1.807, 2.05) is 26.5 Å². The zero-order chi connectivity index (χ0) is 43.5. The number of hydrogen-bond donors (Lipinski definition) is 2. The van der Waals surface area contributed by atoms with Crippen molar-refractivity contribution >= 4 is 34.6 Å². The van der Waals surface area contributed by atoms with Crippen molar-refractivity contribution in [2.75, 3.05) is 62.2 Å². The SMILES string of the molecule is CCCCC[C@@]1([C@H](c2ncccc2CN2CCN(c3cn[nH]c(=O)c3Cl)CC2)C(F)(F)F)CC[C@@H]1[C@@H](c1ncccc1CN1CCN(c2cn[nH]c(=O)c2Cl)CC1)C(F)(F)F. The van der Waals surface area contributed by atoms with Gasteiger partial charge >= 0.3 is 12.4 Å². The first-order valence-electron chi connectivity index (χ1n) is 20.5. The third-order valence-electron chi connectivity index (χ3n) is 12.8. The molecule has 3 aliphatic rings. The molecule has 0 unspecified atom stereocenters. The first-order valence-corrected chi connectivity index (χ1v) is 21.3. The lowest BCUT2D eigenvalue weighted by molar-refractivity contribution is -0.237. The molecule has 1 aliphatic carbocycles. The van der Waals surface area contributed by atoms with Gasteiger partial charge in [-0.2, -0.15) is 36.5 Å². The molecule has 3 fully saturated rings. The van der Waals surface area contributed by atoms with Crippen LogP contribution in [0.3, 0.4) is 0 Å². The minimum Gasteiger partial charge on any atom is -0.366 e. The zero-order valence-electron chi connectivity index (χ0n) is 33.6. The number of H-pyrrole nitrogens is 2. The number of alkyl halides is 6. The van der Waals surface area contributed by atoms with Crippen molar-refractivity contribution in [1.29, 1.82) is 0 Å². The Kier molecular flexibility index (Phi) is 13.7. The van der Waals surface area contributed by atoms with Crippen LogP contribution in [0.4, 0.5) is 37.7 Å². The minimum absolute atomic E-state index is 0.00505. The summed E-state index contributed by atoms with van der Waals surface area (Å²) in [6, 6.07) is 6.30. The Bertz CT molecular complexity index is 2240. The average Bonchev–Trinajstić information content (AvgIpc) is 3.22. The van der Waals surface area contributed by atoms with Crippen molar-refractivity contribution in [3.63, 3.8) is 0 Å². The normalized spacial score (nSPS) is 21.6. The summed E-state index contributed by atoms with van der Waals surface area (Å²) < 4.78 is 95.3. The predicted octanol–water partition coefficient (Wildman–Crippen LogP) is 7.56. The fourth-order valence-corrected chi connectivity index (χ4v) is 10.1. The van der Waals surface area contributed by atoms with Crippen LogP contribution in [0.25, 0.3) is 0 Å². The quantitative estimate of drug-likeness (QED) is 0.0967. The van der Waals surface area contributed by atoms with Crippen LogP contribution < -0.4 is 20.9 Å². The average molecular weight is 898 g/mol. The molecule has 2 N–H and O–H groups in total. The monoisotopic (exact) mass is 896 g/mol. The Morgan fingerprint density at radius 2 is 1.23 bits per heavy atom. The highest BCUT2D eigenvalue weighted by Crippen LogP contribution is 2.68. The van der Waals surface area contributed by atoms with Gasteiger partial charge in [0.15, 0.2) is 0 Å². The summed E-state index contributed by atoms with van der Waals surface area (Å²) in [5.41, 5.74) is -1.83. The van der Waals surface area contributed by atoms with Gasteiger partial charge in [0.2, 0.25) is 0 Å². The van der Waals surface area contributed by atoms with E-state index in [1.165, 1.54) is 24.8 Å². The van der Waals surface area contributed by atoms with E-state index in [9.17, 15) is 9.59 Å². The minimum atomic E-state index is -4.92. The van der Waals surface area contributed by atoms with Crippen LogP contribution in [0.1, 0.15) is 79.8 Å². The fourth-order valence-electron chi connectivity index (χ4n) is 9.70. The molecule has 2 saturated heterocycles. The van der Waals surface area contributed by atoms with Crippen molar-refractivity contribution in [3.8, 4) is 0 Å². The lowest BCUT2D eigenvalue weighted by atomic mass is 9.47. The third-order valence-corrected chi connectivity index (χ3v) is 13.5. The second-order valence-corrected chi connectivity index (χ2v) is 17.0. The summed E-state index contributed by atoms with van der Waals surface area (Å²) in [5, 5.41) is 12.2. The Morgan fingerprint density at radius 1 is 0.738 bits per heavy atom. The summed E-state index contributed by atoms with van der Waals surface area (Å²) >= 11 is 12.5. The molecule has 0 spiro atoms. The smallest absolute Gasteiger partial charge is 0.366 e. The molecule has 4 atom stereocenters. The van der Waals surface area contributed by atoms with Gasteiger partial charge < -0.3 is 9.80 Å². The molecular formula is C41H48Cl2F6N10O2. The van der Waals surface area contributed by atoms with Gasteiger partial charge in [0.1, 0.15) is 21.9 Å². The molecular weight excluding hydrogens is 849 g/mol. The third kappa shape index (κ3) is 9.56.